The average Bonchev–Trinajstić information content (AvgIpc) is 2.62. The second kappa shape index (κ2) is 7.85. The van der Waals surface area contributed by atoms with Crippen LogP contribution < -0.4 is 10.1 Å². The molecule has 0 amide bonds. The minimum absolute atomic E-state index is 0.0960. The van der Waals surface area contributed by atoms with Crippen molar-refractivity contribution < 1.29 is 9.84 Å². The normalized spacial score (nSPS) is 11.1. The first kappa shape index (κ1) is 17.0. The Labute approximate surface area is 151 Å². The molecule has 0 aliphatic heterocycles. The molecule has 25 heavy (non-hydrogen) atoms. The number of nitrogens with zero attached hydrogens (tertiary/aromatic N) is 2. The molecule has 1 heterocycles. The summed E-state index contributed by atoms with van der Waals surface area (Å²) >= 11 is 6.00. The van der Waals surface area contributed by atoms with Crippen molar-refractivity contribution in [2.75, 3.05) is 25.5 Å². The molecule has 1 aromatic heterocycles. The van der Waals surface area contributed by atoms with E-state index < -0.39 is 0 Å². The van der Waals surface area contributed by atoms with Gasteiger partial charge in [0.1, 0.15) is 0 Å². The number of phenols is 1. The van der Waals surface area contributed by atoms with Gasteiger partial charge >= 0.3 is 0 Å². The van der Waals surface area contributed by atoms with Crippen molar-refractivity contribution in [2.24, 2.45) is 4.99 Å². The van der Waals surface area contributed by atoms with Crippen LogP contribution in [0.15, 0.2) is 53.7 Å². The van der Waals surface area contributed by atoms with Crippen LogP contribution in [0.5, 0.6) is 11.5 Å². The van der Waals surface area contributed by atoms with Gasteiger partial charge in [0.25, 0.3) is 0 Å². The summed E-state index contributed by atoms with van der Waals surface area (Å²) in [5.74, 6) is 0.530. The number of ether oxygens (including phenoxy) is 1. The van der Waals surface area contributed by atoms with Crippen LogP contribution in [0.4, 0.5) is 5.69 Å². The number of fused-ring (bicyclic) bond motifs is 1. The fourth-order valence-electron chi connectivity index (χ4n) is 2.50. The van der Waals surface area contributed by atoms with Crippen molar-refractivity contribution in [3.05, 3.63) is 59.2 Å². The van der Waals surface area contributed by atoms with Crippen molar-refractivity contribution >= 4 is 34.4 Å². The first-order valence-electron chi connectivity index (χ1n) is 7.83. The van der Waals surface area contributed by atoms with Crippen LogP contribution in [0.1, 0.15) is 5.56 Å². The lowest BCUT2D eigenvalue weighted by Gasteiger charge is -2.08. The zero-order valence-corrected chi connectivity index (χ0v) is 14.5. The number of pyridine rings is 1. The van der Waals surface area contributed by atoms with E-state index in [2.05, 4.69) is 15.3 Å². The molecule has 0 saturated carbocycles. The Kier molecular flexibility index (Phi) is 5.36. The van der Waals surface area contributed by atoms with Gasteiger partial charge in [0, 0.05) is 40.6 Å². The second-order valence-electron chi connectivity index (χ2n) is 5.38. The van der Waals surface area contributed by atoms with Crippen LogP contribution >= 0.6 is 11.6 Å². The number of aliphatic imine (C=N–C) groups is 1. The van der Waals surface area contributed by atoms with Crippen molar-refractivity contribution in [1.82, 2.24) is 4.98 Å². The highest BCUT2D eigenvalue weighted by Crippen LogP contribution is 2.28. The van der Waals surface area contributed by atoms with Crippen LogP contribution in [-0.4, -0.2) is 36.5 Å². The lowest BCUT2D eigenvalue weighted by atomic mass is 10.2. The third-order valence-electron chi connectivity index (χ3n) is 3.74. The fourth-order valence-corrected chi connectivity index (χ4v) is 2.67. The summed E-state index contributed by atoms with van der Waals surface area (Å²) in [4.78, 5) is 8.67. The van der Waals surface area contributed by atoms with Gasteiger partial charge in [-0.15, -0.1) is 0 Å². The Hall–Kier alpha value is -2.79. The molecule has 0 radical (unpaired) electrons. The number of hydrogen-bond acceptors (Lipinski definition) is 5. The van der Waals surface area contributed by atoms with Gasteiger partial charge in [-0.25, -0.2) is 0 Å². The first-order valence-corrected chi connectivity index (χ1v) is 8.21. The van der Waals surface area contributed by atoms with Gasteiger partial charge in [-0.05, 0) is 36.4 Å². The van der Waals surface area contributed by atoms with Crippen LogP contribution in [0.25, 0.3) is 10.9 Å². The lowest BCUT2D eigenvalue weighted by Crippen LogP contribution is -2.05. The molecule has 0 saturated heterocycles. The molecule has 3 aromatic rings. The van der Waals surface area contributed by atoms with Crippen LogP contribution in [0.2, 0.25) is 5.02 Å². The van der Waals surface area contributed by atoms with Crippen LogP contribution in [0.3, 0.4) is 0 Å². The number of nitrogens with one attached hydrogen (secondary N) is 1. The monoisotopic (exact) mass is 355 g/mol. The minimum atomic E-state index is 0.0960. The molecule has 0 aliphatic carbocycles. The number of phenolic OH excluding ortho intramolecular Hbond substituents is 1. The van der Waals surface area contributed by atoms with E-state index in [1.54, 1.807) is 24.5 Å². The molecule has 0 aliphatic rings. The van der Waals surface area contributed by atoms with E-state index in [9.17, 15) is 5.11 Å². The topological polar surface area (TPSA) is 66.7 Å². The third kappa shape index (κ3) is 4.00. The number of para-hydroxylation sites is 1. The average molecular weight is 356 g/mol. The maximum atomic E-state index is 10.0. The number of aromatic hydroxyl groups is 1. The van der Waals surface area contributed by atoms with Gasteiger partial charge in [0.2, 0.25) is 0 Å². The molecule has 5 nitrogen and oxygen atoms in total. The highest BCUT2D eigenvalue weighted by Gasteiger charge is 2.04. The molecule has 0 atom stereocenters. The summed E-state index contributed by atoms with van der Waals surface area (Å²) in [6.45, 7) is 1.22. The Morgan fingerprint density at radius 3 is 3.00 bits per heavy atom. The quantitative estimate of drug-likeness (QED) is 0.515. The van der Waals surface area contributed by atoms with Gasteiger partial charge in [-0.2, -0.15) is 0 Å². The Morgan fingerprint density at radius 2 is 2.16 bits per heavy atom. The SMILES string of the molecule is COc1cccc(C=NCCNc2ccnc3cc(Cl)ccc23)c1O. The highest BCUT2D eigenvalue weighted by atomic mass is 35.5. The van der Waals surface area contributed by atoms with E-state index in [0.717, 1.165) is 16.6 Å². The molecule has 128 valence electrons. The smallest absolute Gasteiger partial charge is 0.166 e. The summed E-state index contributed by atoms with van der Waals surface area (Å²) in [6.07, 6.45) is 3.39. The lowest BCUT2D eigenvalue weighted by molar-refractivity contribution is 0.373. The molecule has 6 heteroatoms. The summed E-state index contributed by atoms with van der Waals surface area (Å²) < 4.78 is 5.08. The number of benzene rings is 2. The summed E-state index contributed by atoms with van der Waals surface area (Å²) in [7, 11) is 1.52. The Balaban J connectivity index is 1.62. The number of anilines is 1. The largest absolute Gasteiger partial charge is 0.504 e. The molecular weight excluding hydrogens is 338 g/mol. The van der Waals surface area contributed by atoms with E-state index in [0.29, 0.717) is 29.4 Å². The van der Waals surface area contributed by atoms with E-state index in [1.165, 1.54) is 7.11 Å². The van der Waals surface area contributed by atoms with Crippen molar-refractivity contribution in [2.45, 2.75) is 0 Å². The summed E-state index contributed by atoms with van der Waals surface area (Å²) in [5.41, 5.74) is 2.46. The maximum absolute atomic E-state index is 10.0. The van der Waals surface area contributed by atoms with Gasteiger partial charge in [-0.3, -0.25) is 9.98 Å². The number of halogens is 1. The zero-order chi connectivity index (χ0) is 17.6. The summed E-state index contributed by atoms with van der Waals surface area (Å²) in [6, 6.07) is 12.9. The predicted octanol–water partition coefficient (Wildman–Crippen LogP) is 4.13. The number of hydrogen-bond donors (Lipinski definition) is 2. The maximum Gasteiger partial charge on any atom is 0.166 e. The number of methoxy groups -OCH3 is 1. The van der Waals surface area contributed by atoms with Gasteiger partial charge in [-0.1, -0.05) is 17.7 Å². The minimum Gasteiger partial charge on any atom is -0.504 e. The Bertz CT molecular complexity index is 912. The van der Waals surface area contributed by atoms with Crippen molar-refractivity contribution in [1.29, 1.82) is 0 Å². The van der Waals surface area contributed by atoms with Gasteiger partial charge in [0.05, 0.1) is 19.2 Å². The van der Waals surface area contributed by atoms with E-state index >= 15 is 0 Å². The van der Waals surface area contributed by atoms with Crippen molar-refractivity contribution in [3.8, 4) is 11.5 Å². The predicted molar refractivity (Wildman–Crippen MR) is 102 cm³/mol. The zero-order valence-electron chi connectivity index (χ0n) is 13.7. The van der Waals surface area contributed by atoms with E-state index in [1.807, 2.05) is 30.3 Å². The van der Waals surface area contributed by atoms with E-state index in [-0.39, 0.29) is 5.75 Å². The van der Waals surface area contributed by atoms with Gasteiger partial charge < -0.3 is 15.2 Å². The second-order valence-corrected chi connectivity index (χ2v) is 5.82. The van der Waals surface area contributed by atoms with Crippen molar-refractivity contribution in [3.63, 3.8) is 0 Å². The first-order chi connectivity index (χ1) is 12.2. The number of rotatable bonds is 6. The molecule has 0 spiro atoms. The van der Waals surface area contributed by atoms with Gasteiger partial charge in [0.15, 0.2) is 11.5 Å². The molecule has 0 unspecified atom stereocenters. The molecule has 2 aromatic carbocycles. The standard InChI is InChI=1S/C19H18ClN3O2/c1-25-18-4-2-3-13(19(18)24)12-21-9-10-23-16-7-8-22-17-11-14(20)5-6-15(16)17/h2-8,11-12,24H,9-10H2,1H3,(H,22,23). The molecule has 3 rings (SSSR count). The Morgan fingerprint density at radius 1 is 1.28 bits per heavy atom. The molecule has 0 fully saturated rings. The van der Waals surface area contributed by atoms with Crippen LogP contribution in [0, 0.1) is 0 Å². The van der Waals surface area contributed by atoms with Crippen LogP contribution in [-0.2, 0) is 0 Å². The number of aromatic nitrogens is 1. The molecule has 0 bridgehead atoms. The summed E-state index contributed by atoms with van der Waals surface area (Å²) in [5, 5.41) is 15.0. The molecular formula is C19H18ClN3O2. The van der Waals surface area contributed by atoms with E-state index in [4.69, 9.17) is 16.3 Å². The third-order valence-corrected chi connectivity index (χ3v) is 3.98. The molecule has 2 N–H and O–H groups in total. The highest BCUT2D eigenvalue weighted by molar-refractivity contribution is 6.31. The fraction of sp³-hybridized carbons (Fsp3) is 0.158.